The first-order valence-corrected chi connectivity index (χ1v) is 9.06. The molecule has 0 saturated heterocycles. The molecule has 1 fully saturated rings. The minimum Gasteiger partial charge on any atom is -0.374 e. The molecule has 0 N–H and O–H groups in total. The zero-order chi connectivity index (χ0) is 16.2. The van der Waals surface area contributed by atoms with Crippen molar-refractivity contribution in [3.8, 4) is 0 Å². The van der Waals surface area contributed by atoms with Crippen LogP contribution in [-0.2, 0) is 6.42 Å². The second kappa shape index (κ2) is 5.28. The first kappa shape index (κ1) is 15.9. The Hall–Kier alpha value is -0.980. The molecular formula is C21H33N. The van der Waals surface area contributed by atoms with Crippen LogP contribution in [-0.4, -0.2) is 13.6 Å². The quantitative estimate of drug-likeness (QED) is 0.676. The number of benzene rings is 1. The van der Waals surface area contributed by atoms with E-state index in [0.29, 0.717) is 11.3 Å². The maximum absolute atomic E-state index is 2.53. The van der Waals surface area contributed by atoms with Crippen molar-refractivity contribution in [3.05, 3.63) is 29.3 Å². The van der Waals surface area contributed by atoms with E-state index in [1.54, 1.807) is 16.8 Å². The van der Waals surface area contributed by atoms with E-state index in [4.69, 9.17) is 0 Å². The number of fused-ring (bicyclic) bond motifs is 1. The smallest absolute Gasteiger partial charge is 0.0432 e. The Morgan fingerprint density at radius 2 is 1.55 bits per heavy atom. The summed E-state index contributed by atoms with van der Waals surface area (Å²) in [6.45, 7) is 15.8. The van der Waals surface area contributed by atoms with Crippen LogP contribution in [0.1, 0.15) is 58.6 Å². The van der Waals surface area contributed by atoms with Crippen molar-refractivity contribution < 1.29 is 0 Å². The molecule has 0 bridgehead atoms. The number of para-hydroxylation sites is 1. The van der Waals surface area contributed by atoms with Gasteiger partial charge in [-0.3, -0.25) is 0 Å². The third-order valence-corrected chi connectivity index (χ3v) is 6.85. The van der Waals surface area contributed by atoms with E-state index in [1.807, 2.05) is 0 Å². The number of nitrogens with zero attached hydrogens (tertiary/aromatic N) is 1. The summed E-state index contributed by atoms with van der Waals surface area (Å²) in [5.41, 5.74) is 5.11. The van der Waals surface area contributed by atoms with E-state index in [2.05, 4.69) is 71.7 Å². The summed E-state index contributed by atoms with van der Waals surface area (Å²) in [4.78, 5) is 2.53. The van der Waals surface area contributed by atoms with E-state index in [9.17, 15) is 0 Å². The molecule has 4 atom stereocenters. The summed E-state index contributed by atoms with van der Waals surface area (Å²) in [6, 6.07) is 7.07. The Bertz CT molecular complexity index is 545. The Morgan fingerprint density at radius 3 is 2.14 bits per heavy atom. The normalized spacial score (nSPS) is 37.2. The van der Waals surface area contributed by atoms with E-state index < -0.39 is 0 Å². The lowest BCUT2D eigenvalue weighted by Crippen LogP contribution is -2.39. The lowest BCUT2D eigenvalue weighted by molar-refractivity contribution is 0.352. The summed E-state index contributed by atoms with van der Waals surface area (Å²) >= 11 is 0. The lowest BCUT2D eigenvalue weighted by atomic mass is 9.76. The maximum Gasteiger partial charge on any atom is 0.0432 e. The molecule has 0 aromatic heterocycles. The van der Waals surface area contributed by atoms with Crippen LogP contribution in [0.25, 0.3) is 0 Å². The van der Waals surface area contributed by atoms with Gasteiger partial charge in [0.05, 0.1) is 0 Å². The SMILES string of the molecule is CC1C(C)C(C)C(c2cccc3c2N(C)CC(C)(C)C3)C1C. The average molecular weight is 300 g/mol. The van der Waals surface area contributed by atoms with Gasteiger partial charge in [-0.2, -0.15) is 0 Å². The minimum absolute atomic E-state index is 0.383. The predicted molar refractivity (Wildman–Crippen MR) is 96.6 cm³/mol. The second-order valence-electron chi connectivity index (χ2n) is 9.01. The molecule has 0 amide bonds. The van der Waals surface area contributed by atoms with Crippen molar-refractivity contribution in [2.24, 2.45) is 29.1 Å². The Labute approximate surface area is 137 Å². The predicted octanol–water partition coefficient (Wildman–Crippen LogP) is 5.35. The molecule has 1 aliphatic carbocycles. The van der Waals surface area contributed by atoms with Gasteiger partial charge in [0.25, 0.3) is 0 Å². The number of anilines is 1. The fourth-order valence-corrected chi connectivity index (χ4v) is 5.44. The van der Waals surface area contributed by atoms with Gasteiger partial charge in [0.15, 0.2) is 0 Å². The van der Waals surface area contributed by atoms with Crippen molar-refractivity contribution in [2.75, 3.05) is 18.5 Å². The van der Waals surface area contributed by atoms with Crippen LogP contribution in [0.15, 0.2) is 18.2 Å². The van der Waals surface area contributed by atoms with Crippen molar-refractivity contribution in [2.45, 2.75) is 53.9 Å². The molecule has 1 aromatic rings. The summed E-state index contributed by atoms with van der Waals surface area (Å²) in [5, 5.41) is 0. The summed E-state index contributed by atoms with van der Waals surface area (Å²) < 4.78 is 0. The van der Waals surface area contributed by atoms with Crippen LogP contribution in [0.2, 0.25) is 0 Å². The highest BCUT2D eigenvalue weighted by molar-refractivity contribution is 5.63. The van der Waals surface area contributed by atoms with Crippen LogP contribution in [0.4, 0.5) is 5.69 Å². The monoisotopic (exact) mass is 299 g/mol. The molecule has 122 valence electrons. The molecule has 1 heteroatoms. The molecule has 22 heavy (non-hydrogen) atoms. The molecule has 4 unspecified atom stereocenters. The van der Waals surface area contributed by atoms with E-state index >= 15 is 0 Å². The third kappa shape index (κ3) is 2.37. The largest absolute Gasteiger partial charge is 0.374 e. The Morgan fingerprint density at radius 1 is 0.955 bits per heavy atom. The van der Waals surface area contributed by atoms with Crippen molar-refractivity contribution in [1.29, 1.82) is 0 Å². The summed E-state index contributed by atoms with van der Waals surface area (Å²) in [6.07, 6.45) is 1.21. The molecule has 1 aromatic carbocycles. The fraction of sp³-hybridized carbons (Fsp3) is 0.714. The van der Waals surface area contributed by atoms with E-state index in [-0.39, 0.29) is 0 Å². The van der Waals surface area contributed by atoms with Crippen LogP contribution in [0, 0.1) is 29.1 Å². The molecule has 1 saturated carbocycles. The fourth-order valence-electron chi connectivity index (χ4n) is 5.44. The van der Waals surface area contributed by atoms with Crippen molar-refractivity contribution in [1.82, 2.24) is 0 Å². The Kier molecular flexibility index (Phi) is 3.82. The van der Waals surface area contributed by atoms with Crippen LogP contribution in [0.3, 0.4) is 0 Å². The first-order valence-electron chi connectivity index (χ1n) is 9.06. The van der Waals surface area contributed by atoms with Gasteiger partial charge in [0, 0.05) is 19.3 Å². The van der Waals surface area contributed by atoms with Crippen molar-refractivity contribution >= 4 is 5.69 Å². The number of hydrogen-bond donors (Lipinski definition) is 0. The molecule has 2 aliphatic rings. The molecule has 0 radical (unpaired) electrons. The lowest BCUT2D eigenvalue weighted by Gasteiger charge is -2.41. The third-order valence-electron chi connectivity index (χ3n) is 6.85. The average Bonchev–Trinajstić information content (AvgIpc) is 2.61. The zero-order valence-electron chi connectivity index (χ0n) is 15.5. The van der Waals surface area contributed by atoms with Gasteiger partial charge in [-0.05, 0) is 52.6 Å². The van der Waals surface area contributed by atoms with Gasteiger partial charge in [-0.25, -0.2) is 0 Å². The summed E-state index contributed by atoms with van der Waals surface area (Å²) in [5.74, 6) is 3.91. The standard InChI is InChI=1S/C21H33N/c1-13-14(2)16(4)19(15(13)3)18-10-8-9-17-11-21(5,6)12-22(7)20(17)18/h8-10,13-16,19H,11-12H2,1-7H3. The van der Waals surface area contributed by atoms with Gasteiger partial charge in [-0.1, -0.05) is 59.7 Å². The minimum atomic E-state index is 0.383. The van der Waals surface area contributed by atoms with Gasteiger partial charge in [0.1, 0.15) is 0 Å². The molecule has 0 spiro atoms. The number of rotatable bonds is 1. The first-order chi connectivity index (χ1) is 10.2. The van der Waals surface area contributed by atoms with Gasteiger partial charge in [0.2, 0.25) is 0 Å². The molecular weight excluding hydrogens is 266 g/mol. The highest BCUT2D eigenvalue weighted by atomic mass is 15.1. The van der Waals surface area contributed by atoms with Gasteiger partial charge < -0.3 is 4.90 Å². The molecule has 3 rings (SSSR count). The molecule has 1 aliphatic heterocycles. The van der Waals surface area contributed by atoms with Crippen LogP contribution >= 0.6 is 0 Å². The van der Waals surface area contributed by atoms with E-state index in [0.717, 1.165) is 30.2 Å². The van der Waals surface area contributed by atoms with E-state index in [1.165, 1.54) is 6.42 Å². The zero-order valence-corrected chi connectivity index (χ0v) is 15.5. The van der Waals surface area contributed by atoms with Gasteiger partial charge in [-0.15, -0.1) is 0 Å². The van der Waals surface area contributed by atoms with Crippen molar-refractivity contribution in [3.63, 3.8) is 0 Å². The highest BCUT2D eigenvalue weighted by Gasteiger charge is 2.44. The van der Waals surface area contributed by atoms with Gasteiger partial charge >= 0.3 is 0 Å². The maximum atomic E-state index is 2.53. The van der Waals surface area contributed by atoms with Crippen LogP contribution in [0.5, 0.6) is 0 Å². The Balaban J connectivity index is 2.07. The highest BCUT2D eigenvalue weighted by Crippen LogP contribution is 2.53. The molecule has 1 nitrogen and oxygen atoms in total. The molecule has 1 heterocycles. The topological polar surface area (TPSA) is 3.24 Å². The second-order valence-corrected chi connectivity index (χ2v) is 9.01. The summed E-state index contributed by atoms with van der Waals surface area (Å²) in [7, 11) is 2.29. The van der Waals surface area contributed by atoms with Crippen LogP contribution < -0.4 is 4.90 Å². The number of hydrogen-bond acceptors (Lipinski definition) is 1.